The quantitative estimate of drug-likeness (QED) is 0.888. The first-order valence-electron chi connectivity index (χ1n) is 3.72. The van der Waals surface area contributed by atoms with Crippen molar-refractivity contribution in [3.8, 4) is 17.6 Å². The zero-order chi connectivity index (χ0) is 10.7. The molecule has 0 atom stereocenters. The predicted molar refractivity (Wildman–Crippen MR) is 51.6 cm³/mol. The average Bonchev–Trinajstić information content (AvgIpc) is 2.14. The highest BCUT2D eigenvalue weighted by Gasteiger charge is 2.17. The number of phenols is 1. The Bertz CT molecular complexity index is 401. The van der Waals surface area contributed by atoms with Crippen LogP contribution >= 0.6 is 15.9 Å². The van der Waals surface area contributed by atoms with E-state index in [1.54, 1.807) is 6.07 Å². The normalized spacial score (nSPS) is 9.57. The zero-order valence-corrected chi connectivity index (χ0v) is 8.93. The number of phenolic OH excluding ortho intramolecular Hbond substituents is 1. The fourth-order valence-corrected chi connectivity index (χ4v) is 1.57. The minimum Gasteiger partial charge on any atom is -0.504 e. The Morgan fingerprint density at radius 1 is 1.71 bits per heavy atom. The highest BCUT2D eigenvalue weighted by atomic mass is 79.9. The highest BCUT2D eigenvalue weighted by molar-refractivity contribution is 9.10. The van der Waals surface area contributed by atoms with Crippen LogP contribution in [0.5, 0.6) is 11.5 Å². The molecular weight excluding hydrogens is 253 g/mol. The zero-order valence-electron chi connectivity index (χ0n) is 7.34. The van der Waals surface area contributed by atoms with Crippen molar-refractivity contribution in [2.24, 2.45) is 0 Å². The summed E-state index contributed by atoms with van der Waals surface area (Å²) in [4.78, 5) is 0. The van der Waals surface area contributed by atoms with Gasteiger partial charge in [0, 0.05) is 11.6 Å². The van der Waals surface area contributed by atoms with Crippen molar-refractivity contribution in [2.45, 2.75) is 6.42 Å². The number of nitriles is 1. The van der Waals surface area contributed by atoms with E-state index in [1.165, 1.54) is 13.2 Å². The Hall–Kier alpha value is -1.28. The molecule has 0 unspecified atom stereocenters. The highest BCUT2D eigenvalue weighted by Crippen LogP contribution is 2.36. The number of nitrogens with zero attached hydrogens (tertiary/aromatic N) is 1. The number of benzene rings is 1. The molecule has 0 fully saturated rings. The third-order valence-electron chi connectivity index (χ3n) is 1.70. The first-order valence-corrected chi connectivity index (χ1v) is 4.52. The molecule has 1 N–H and O–H groups in total. The van der Waals surface area contributed by atoms with Crippen molar-refractivity contribution >= 4 is 15.9 Å². The largest absolute Gasteiger partial charge is 0.504 e. The summed E-state index contributed by atoms with van der Waals surface area (Å²) >= 11 is 2.93. The van der Waals surface area contributed by atoms with Crippen LogP contribution in [0.25, 0.3) is 0 Å². The molecule has 0 radical (unpaired) electrons. The molecule has 0 spiro atoms. The minimum absolute atomic E-state index is 0.00671. The first-order chi connectivity index (χ1) is 6.61. The van der Waals surface area contributed by atoms with Gasteiger partial charge in [-0.3, -0.25) is 0 Å². The second kappa shape index (κ2) is 4.29. The lowest BCUT2D eigenvalue weighted by Gasteiger charge is -2.09. The molecule has 14 heavy (non-hydrogen) atoms. The second-order valence-electron chi connectivity index (χ2n) is 2.54. The summed E-state index contributed by atoms with van der Waals surface area (Å²) in [5.74, 6) is -0.764. The smallest absolute Gasteiger partial charge is 0.167 e. The van der Waals surface area contributed by atoms with Crippen molar-refractivity contribution in [3.05, 3.63) is 21.9 Å². The van der Waals surface area contributed by atoms with Gasteiger partial charge in [0.05, 0.1) is 24.1 Å². The van der Waals surface area contributed by atoms with E-state index in [4.69, 9.17) is 10.00 Å². The lowest BCUT2D eigenvalue weighted by molar-refractivity contribution is 0.365. The summed E-state index contributed by atoms with van der Waals surface area (Å²) in [6, 6.07) is 2.99. The molecule has 3 nitrogen and oxygen atoms in total. The van der Waals surface area contributed by atoms with Crippen molar-refractivity contribution in [1.82, 2.24) is 0 Å². The van der Waals surface area contributed by atoms with Gasteiger partial charge < -0.3 is 9.84 Å². The third kappa shape index (κ3) is 1.80. The number of rotatable bonds is 2. The summed E-state index contributed by atoms with van der Waals surface area (Å²) in [6.07, 6.45) is -0.151. The van der Waals surface area contributed by atoms with Gasteiger partial charge in [-0.05, 0) is 15.9 Å². The molecule has 0 aliphatic carbocycles. The van der Waals surface area contributed by atoms with Crippen LogP contribution in [-0.4, -0.2) is 12.2 Å². The molecule has 0 amide bonds. The van der Waals surface area contributed by atoms with E-state index < -0.39 is 5.82 Å². The molecule has 0 aliphatic heterocycles. The van der Waals surface area contributed by atoms with Crippen molar-refractivity contribution in [1.29, 1.82) is 5.26 Å². The van der Waals surface area contributed by atoms with Crippen LogP contribution < -0.4 is 4.74 Å². The van der Waals surface area contributed by atoms with E-state index in [2.05, 4.69) is 15.9 Å². The Morgan fingerprint density at radius 2 is 2.36 bits per heavy atom. The molecule has 0 aromatic heterocycles. The molecule has 0 heterocycles. The first kappa shape index (κ1) is 10.8. The fraction of sp³-hybridized carbons (Fsp3) is 0.222. The molecule has 74 valence electrons. The van der Waals surface area contributed by atoms with Gasteiger partial charge in [-0.15, -0.1) is 0 Å². The molecular formula is C9H7BrFNO2. The number of hydrogen-bond donors (Lipinski definition) is 1. The maximum absolute atomic E-state index is 13.4. The van der Waals surface area contributed by atoms with Crippen molar-refractivity contribution in [2.75, 3.05) is 7.11 Å². The maximum Gasteiger partial charge on any atom is 0.167 e. The lowest BCUT2D eigenvalue weighted by Crippen LogP contribution is -1.96. The van der Waals surface area contributed by atoms with Crippen LogP contribution in [0, 0.1) is 17.1 Å². The van der Waals surface area contributed by atoms with Gasteiger partial charge in [0.2, 0.25) is 0 Å². The van der Waals surface area contributed by atoms with Gasteiger partial charge in [0.25, 0.3) is 0 Å². The van der Waals surface area contributed by atoms with E-state index in [1.807, 2.05) is 0 Å². The van der Waals surface area contributed by atoms with E-state index in [9.17, 15) is 9.50 Å². The molecule has 0 saturated carbocycles. The number of halogens is 2. The average molecular weight is 260 g/mol. The van der Waals surface area contributed by atoms with Gasteiger partial charge in [-0.25, -0.2) is 4.39 Å². The monoisotopic (exact) mass is 259 g/mol. The van der Waals surface area contributed by atoms with Crippen LogP contribution in [0.2, 0.25) is 0 Å². The van der Waals surface area contributed by atoms with Crippen molar-refractivity contribution in [3.63, 3.8) is 0 Å². The molecule has 0 bridgehead atoms. The number of aromatic hydroxyl groups is 1. The van der Waals surface area contributed by atoms with Gasteiger partial charge in [0.15, 0.2) is 11.5 Å². The van der Waals surface area contributed by atoms with Crippen LogP contribution in [0.15, 0.2) is 10.5 Å². The predicted octanol–water partition coefficient (Wildman–Crippen LogP) is 2.37. The Labute approximate surface area is 88.9 Å². The fourth-order valence-electron chi connectivity index (χ4n) is 1.11. The molecule has 0 aliphatic rings. The SMILES string of the molecule is COc1c(O)cc(Br)c(F)c1CC#N. The third-order valence-corrected chi connectivity index (χ3v) is 2.28. The number of methoxy groups -OCH3 is 1. The Kier molecular flexibility index (Phi) is 3.31. The Morgan fingerprint density at radius 3 is 2.86 bits per heavy atom. The summed E-state index contributed by atoms with van der Waals surface area (Å²) in [5, 5.41) is 17.9. The molecule has 1 aromatic rings. The van der Waals surface area contributed by atoms with Crippen LogP contribution in [-0.2, 0) is 6.42 Å². The van der Waals surface area contributed by atoms with E-state index in [0.717, 1.165) is 0 Å². The van der Waals surface area contributed by atoms with Gasteiger partial charge in [-0.2, -0.15) is 5.26 Å². The van der Waals surface area contributed by atoms with Gasteiger partial charge in [-0.1, -0.05) is 0 Å². The van der Waals surface area contributed by atoms with Crippen LogP contribution in [0.1, 0.15) is 5.56 Å². The lowest BCUT2D eigenvalue weighted by atomic mass is 10.1. The molecule has 1 aromatic carbocycles. The van der Waals surface area contributed by atoms with Crippen LogP contribution in [0.4, 0.5) is 4.39 Å². The number of hydrogen-bond acceptors (Lipinski definition) is 3. The topological polar surface area (TPSA) is 53.2 Å². The van der Waals surface area contributed by atoms with E-state index >= 15 is 0 Å². The summed E-state index contributed by atoms with van der Waals surface area (Å²) in [5.41, 5.74) is 0.0573. The molecule has 5 heteroatoms. The summed E-state index contributed by atoms with van der Waals surface area (Å²) in [7, 11) is 1.31. The Balaban J connectivity index is 3.41. The van der Waals surface area contributed by atoms with Crippen molar-refractivity contribution < 1.29 is 14.2 Å². The number of ether oxygens (including phenoxy) is 1. The molecule has 0 saturated heterocycles. The molecule has 1 rings (SSSR count). The standard InChI is InChI=1S/C9H7BrFNO2/c1-14-9-5(2-3-12)8(11)6(10)4-7(9)13/h4,13H,2H2,1H3. The summed E-state index contributed by atoms with van der Waals surface area (Å²) < 4.78 is 18.3. The van der Waals surface area contributed by atoms with Crippen LogP contribution in [0.3, 0.4) is 0 Å². The minimum atomic E-state index is -0.582. The summed E-state index contributed by atoms with van der Waals surface area (Å²) in [6.45, 7) is 0. The maximum atomic E-state index is 13.4. The van der Waals surface area contributed by atoms with E-state index in [-0.39, 0.29) is 28.0 Å². The van der Waals surface area contributed by atoms with E-state index in [0.29, 0.717) is 0 Å². The van der Waals surface area contributed by atoms with Gasteiger partial charge in [0.1, 0.15) is 5.82 Å². The van der Waals surface area contributed by atoms with Gasteiger partial charge >= 0.3 is 0 Å². The second-order valence-corrected chi connectivity index (χ2v) is 3.39.